The fourth-order valence-electron chi connectivity index (χ4n) is 4.51. The van der Waals surface area contributed by atoms with Crippen LogP contribution in [0.1, 0.15) is 65.7 Å². The quantitative estimate of drug-likeness (QED) is 0.470. The van der Waals surface area contributed by atoms with E-state index in [4.69, 9.17) is 10.8 Å². The van der Waals surface area contributed by atoms with Gasteiger partial charge in [-0.15, -0.1) is 0 Å². The van der Waals surface area contributed by atoms with Gasteiger partial charge in [-0.2, -0.15) is 0 Å². The molecule has 0 spiro atoms. The van der Waals surface area contributed by atoms with Crippen LogP contribution in [0.15, 0.2) is 0 Å². The minimum atomic E-state index is -0.876. The van der Waals surface area contributed by atoms with Crippen LogP contribution in [0.25, 0.3) is 0 Å². The van der Waals surface area contributed by atoms with Crippen LogP contribution in [-0.2, 0) is 19.2 Å². The number of carbonyl (C=O) groups is 4. The van der Waals surface area contributed by atoms with E-state index in [2.05, 4.69) is 5.32 Å². The molecule has 3 atom stereocenters. The molecule has 170 valence electrons. The number of nitrogens with one attached hydrogen (secondary N) is 1. The Kier molecular flexibility index (Phi) is 7.85. The Morgan fingerprint density at radius 3 is 2.07 bits per heavy atom. The Labute approximate surface area is 177 Å². The molecule has 1 saturated carbocycles. The third-order valence-electron chi connectivity index (χ3n) is 6.21. The molecule has 9 heteroatoms. The van der Waals surface area contributed by atoms with Crippen molar-refractivity contribution in [2.75, 3.05) is 6.54 Å². The number of carboxylic acid groups (broad SMARTS) is 1. The van der Waals surface area contributed by atoms with Crippen molar-refractivity contribution in [2.45, 2.75) is 83.9 Å². The zero-order valence-electron chi connectivity index (χ0n) is 18.1. The van der Waals surface area contributed by atoms with Gasteiger partial charge in [0.1, 0.15) is 12.1 Å². The van der Waals surface area contributed by atoms with E-state index in [0.29, 0.717) is 0 Å². The highest BCUT2D eigenvalue weighted by molar-refractivity contribution is 5.92. The number of nitrogens with zero attached hydrogens (tertiary/aromatic N) is 1. The standard InChI is InChI=1S/C21H35N3O6/c1-21(2,3)18(20(30)24-11-14(25)10-15(24)19(22)29)23-16(26)8-12-4-6-13(7-5-12)9-17(27)28/h12-15,18,25H,4-11H2,1-3H3,(H2,22,29)(H,23,26)(H,27,28)/t12?,13?,14-,15+,18-/m1/s1. The number of amides is 3. The van der Waals surface area contributed by atoms with Crippen LogP contribution in [0.3, 0.4) is 0 Å². The lowest BCUT2D eigenvalue weighted by molar-refractivity contribution is -0.143. The lowest BCUT2D eigenvalue weighted by atomic mass is 9.79. The first-order valence-corrected chi connectivity index (χ1v) is 10.7. The molecule has 1 aliphatic carbocycles. The van der Waals surface area contributed by atoms with Crippen LogP contribution >= 0.6 is 0 Å². The Balaban J connectivity index is 1.98. The number of carboxylic acids is 1. The van der Waals surface area contributed by atoms with Crippen molar-refractivity contribution in [1.29, 1.82) is 0 Å². The lowest BCUT2D eigenvalue weighted by Crippen LogP contribution is -2.57. The number of carbonyl (C=O) groups excluding carboxylic acids is 3. The first kappa shape index (κ1) is 24.1. The maximum atomic E-state index is 13.2. The molecule has 1 saturated heterocycles. The van der Waals surface area contributed by atoms with Crippen molar-refractivity contribution in [3.05, 3.63) is 0 Å². The van der Waals surface area contributed by atoms with Crippen LogP contribution in [-0.4, -0.2) is 63.5 Å². The minimum Gasteiger partial charge on any atom is -0.481 e. The Morgan fingerprint density at radius 2 is 1.60 bits per heavy atom. The van der Waals surface area contributed by atoms with Gasteiger partial charge in [-0.05, 0) is 42.9 Å². The molecule has 3 amide bonds. The molecule has 1 heterocycles. The number of likely N-dealkylation sites (tertiary alicyclic amines) is 1. The van der Waals surface area contributed by atoms with E-state index >= 15 is 0 Å². The lowest BCUT2D eigenvalue weighted by Gasteiger charge is -2.35. The summed E-state index contributed by atoms with van der Waals surface area (Å²) in [5.74, 6) is -1.78. The monoisotopic (exact) mass is 425 g/mol. The zero-order chi connectivity index (χ0) is 22.6. The molecule has 2 rings (SSSR count). The van der Waals surface area contributed by atoms with E-state index in [1.165, 1.54) is 4.90 Å². The first-order valence-electron chi connectivity index (χ1n) is 10.7. The van der Waals surface area contributed by atoms with Gasteiger partial charge in [-0.25, -0.2) is 0 Å². The number of β-amino-alcohol motifs (C(OH)–C–C–N with tert-alkyl or cyclic N) is 1. The molecule has 0 aromatic carbocycles. The summed E-state index contributed by atoms with van der Waals surface area (Å²) >= 11 is 0. The molecule has 1 aliphatic heterocycles. The number of nitrogens with two attached hydrogens (primary N) is 1. The first-order chi connectivity index (χ1) is 13.9. The summed E-state index contributed by atoms with van der Waals surface area (Å²) in [7, 11) is 0. The van der Waals surface area contributed by atoms with E-state index in [0.717, 1.165) is 25.7 Å². The predicted molar refractivity (Wildman–Crippen MR) is 109 cm³/mol. The summed E-state index contributed by atoms with van der Waals surface area (Å²) in [4.78, 5) is 49.7. The van der Waals surface area contributed by atoms with Gasteiger partial charge in [-0.1, -0.05) is 20.8 Å². The molecule has 0 bridgehead atoms. The van der Waals surface area contributed by atoms with Crippen LogP contribution in [0.4, 0.5) is 0 Å². The van der Waals surface area contributed by atoms with Gasteiger partial charge in [0.2, 0.25) is 17.7 Å². The van der Waals surface area contributed by atoms with Crippen LogP contribution < -0.4 is 11.1 Å². The van der Waals surface area contributed by atoms with E-state index in [1.54, 1.807) is 0 Å². The molecule has 5 N–H and O–H groups in total. The van der Waals surface area contributed by atoms with Gasteiger partial charge in [0, 0.05) is 25.8 Å². The molecular weight excluding hydrogens is 390 g/mol. The van der Waals surface area contributed by atoms with Crippen molar-refractivity contribution in [2.24, 2.45) is 23.0 Å². The maximum absolute atomic E-state index is 13.2. The summed E-state index contributed by atoms with van der Waals surface area (Å²) in [5.41, 5.74) is 4.80. The molecule has 0 radical (unpaired) electrons. The van der Waals surface area contributed by atoms with Crippen LogP contribution in [0, 0.1) is 17.3 Å². The SMILES string of the molecule is CC(C)(C)[C@H](NC(=O)CC1CCC(CC(=O)O)CC1)C(=O)N1C[C@H](O)C[C@H]1C(N)=O. The van der Waals surface area contributed by atoms with Gasteiger partial charge in [0.05, 0.1) is 6.10 Å². The van der Waals surface area contributed by atoms with Gasteiger partial charge >= 0.3 is 5.97 Å². The normalized spacial score (nSPS) is 28.1. The number of primary amides is 1. The van der Waals surface area contributed by atoms with E-state index in [9.17, 15) is 24.3 Å². The van der Waals surface area contributed by atoms with E-state index in [1.807, 2.05) is 20.8 Å². The largest absolute Gasteiger partial charge is 0.481 e. The second kappa shape index (κ2) is 9.76. The number of aliphatic hydroxyl groups excluding tert-OH is 1. The zero-order valence-corrected chi connectivity index (χ0v) is 18.1. The highest BCUT2D eigenvalue weighted by Crippen LogP contribution is 2.33. The Bertz CT molecular complexity index is 666. The van der Waals surface area contributed by atoms with E-state index in [-0.39, 0.29) is 43.6 Å². The summed E-state index contributed by atoms with van der Waals surface area (Å²) in [5, 5.41) is 21.7. The number of aliphatic carboxylic acids is 1. The highest BCUT2D eigenvalue weighted by atomic mass is 16.4. The molecule has 2 fully saturated rings. The predicted octanol–water partition coefficient (Wildman–Crippen LogP) is 0.636. The molecular formula is C21H35N3O6. The van der Waals surface area contributed by atoms with Gasteiger partial charge in [0.15, 0.2) is 0 Å². The van der Waals surface area contributed by atoms with Gasteiger partial charge in [0.25, 0.3) is 0 Å². The molecule has 30 heavy (non-hydrogen) atoms. The summed E-state index contributed by atoms with van der Waals surface area (Å²) in [6.45, 7) is 5.51. The molecule has 0 aromatic heterocycles. The van der Waals surface area contributed by atoms with Crippen LogP contribution in [0.2, 0.25) is 0 Å². The minimum absolute atomic E-state index is 0.0164. The highest BCUT2D eigenvalue weighted by Gasteiger charge is 2.44. The van der Waals surface area contributed by atoms with Gasteiger partial charge in [-0.3, -0.25) is 19.2 Å². The van der Waals surface area contributed by atoms with Crippen molar-refractivity contribution >= 4 is 23.7 Å². The average Bonchev–Trinajstić information content (AvgIpc) is 3.01. The smallest absolute Gasteiger partial charge is 0.303 e. The number of hydrogen-bond donors (Lipinski definition) is 4. The molecule has 2 aliphatic rings. The van der Waals surface area contributed by atoms with Gasteiger partial charge < -0.3 is 26.2 Å². The van der Waals surface area contributed by atoms with E-state index < -0.39 is 41.4 Å². The van der Waals surface area contributed by atoms with Crippen molar-refractivity contribution in [1.82, 2.24) is 10.2 Å². The summed E-state index contributed by atoms with van der Waals surface area (Å²) in [6, 6.07) is -1.72. The molecule has 9 nitrogen and oxygen atoms in total. The number of rotatable bonds is 7. The second-order valence-electron chi connectivity index (χ2n) is 9.85. The Hall–Kier alpha value is -2.16. The fourth-order valence-corrected chi connectivity index (χ4v) is 4.51. The van der Waals surface area contributed by atoms with Crippen molar-refractivity contribution in [3.63, 3.8) is 0 Å². The molecule has 0 aromatic rings. The number of aliphatic hydroxyl groups is 1. The maximum Gasteiger partial charge on any atom is 0.303 e. The fraction of sp³-hybridized carbons (Fsp3) is 0.810. The summed E-state index contributed by atoms with van der Waals surface area (Å²) < 4.78 is 0. The second-order valence-corrected chi connectivity index (χ2v) is 9.85. The molecule has 0 unspecified atom stereocenters. The topological polar surface area (TPSA) is 150 Å². The van der Waals surface area contributed by atoms with Crippen molar-refractivity contribution in [3.8, 4) is 0 Å². The number of hydrogen-bond acceptors (Lipinski definition) is 5. The Morgan fingerprint density at radius 1 is 1.07 bits per heavy atom. The third-order valence-corrected chi connectivity index (χ3v) is 6.21. The summed E-state index contributed by atoms with van der Waals surface area (Å²) in [6.07, 6.45) is 2.90. The third kappa shape index (κ3) is 6.42. The average molecular weight is 426 g/mol. The van der Waals surface area contributed by atoms with Crippen molar-refractivity contribution < 1.29 is 29.4 Å². The van der Waals surface area contributed by atoms with Crippen LogP contribution in [0.5, 0.6) is 0 Å².